The number of aliphatic hydroxyl groups is 1. The molecule has 3 heterocycles. The second kappa shape index (κ2) is 11.3. The molecule has 0 spiro atoms. The Kier molecular flexibility index (Phi) is 8.51. The molecule has 4 atom stereocenters. The highest BCUT2D eigenvalue weighted by molar-refractivity contribution is 7.99. The first-order chi connectivity index (χ1) is 17.6. The maximum absolute atomic E-state index is 13.6. The van der Waals surface area contributed by atoms with E-state index in [-0.39, 0.29) is 6.42 Å². The van der Waals surface area contributed by atoms with Crippen molar-refractivity contribution < 1.29 is 28.2 Å². The maximum atomic E-state index is 13.6. The number of halogens is 2. The van der Waals surface area contributed by atoms with Gasteiger partial charge in [0.25, 0.3) is 5.92 Å². The van der Waals surface area contributed by atoms with E-state index in [1.165, 1.54) is 11.8 Å². The Morgan fingerprint density at radius 2 is 2.00 bits per heavy atom. The predicted molar refractivity (Wildman–Crippen MR) is 134 cm³/mol. The van der Waals surface area contributed by atoms with Crippen molar-refractivity contribution in [3.05, 3.63) is 0 Å². The molecule has 0 unspecified atom stereocenters. The van der Waals surface area contributed by atoms with Crippen LogP contribution in [-0.2, 0) is 14.3 Å². The fraction of sp³-hybridized carbons (Fsp3) is 0.783. The molecule has 1 saturated carbocycles. The number of aromatic nitrogens is 5. The standard InChI is InChI=1S/C23H35F2N7O4S/c1-5-7-8-26-18-15-19(29-21(28-18)37-9-6-2)32(31-30-15)14-10-13(16-17(14)36-22(3,4)35-16)20(34)27-11-23(24,25)12-33/h13-14,16-17,33H,5-12H2,1-4H3,(H,27,34)(H,26,28,29)/t13-,14+,16+,17-/m0/s1. The van der Waals surface area contributed by atoms with E-state index in [1.807, 2.05) is 0 Å². The van der Waals surface area contributed by atoms with Crippen molar-refractivity contribution in [1.82, 2.24) is 30.3 Å². The Balaban J connectivity index is 1.66. The Labute approximate surface area is 218 Å². The summed E-state index contributed by atoms with van der Waals surface area (Å²) in [5.41, 5.74) is 1.03. The lowest BCUT2D eigenvalue weighted by Crippen LogP contribution is -2.44. The van der Waals surface area contributed by atoms with Gasteiger partial charge < -0.3 is 25.2 Å². The highest BCUT2D eigenvalue weighted by Gasteiger charge is 2.57. The summed E-state index contributed by atoms with van der Waals surface area (Å²) in [5, 5.41) is 23.8. The number of fused-ring (bicyclic) bond motifs is 2. The normalized spacial score (nSPS) is 24.9. The van der Waals surface area contributed by atoms with Crippen LogP contribution in [0.3, 0.4) is 0 Å². The van der Waals surface area contributed by atoms with Gasteiger partial charge in [-0.15, -0.1) is 5.10 Å². The lowest BCUT2D eigenvalue weighted by molar-refractivity contribution is -0.163. The zero-order chi connectivity index (χ0) is 26.8. The lowest BCUT2D eigenvalue weighted by atomic mass is 10.0. The molecule has 1 aliphatic heterocycles. The molecule has 14 heteroatoms. The fourth-order valence-corrected chi connectivity index (χ4v) is 5.34. The van der Waals surface area contributed by atoms with Gasteiger partial charge in [0.05, 0.1) is 18.5 Å². The summed E-state index contributed by atoms with van der Waals surface area (Å²) in [5.74, 6) is -4.28. The van der Waals surface area contributed by atoms with Crippen LogP contribution in [0.2, 0.25) is 0 Å². The zero-order valence-electron chi connectivity index (χ0n) is 21.5. The van der Waals surface area contributed by atoms with Crippen LogP contribution < -0.4 is 10.6 Å². The summed E-state index contributed by atoms with van der Waals surface area (Å²) in [6.07, 6.45) is 1.96. The van der Waals surface area contributed by atoms with Crippen LogP contribution in [0.15, 0.2) is 5.16 Å². The molecule has 1 saturated heterocycles. The number of nitrogens with one attached hydrogen (secondary N) is 2. The van der Waals surface area contributed by atoms with Crippen LogP contribution in [0.4, 0.5) is 14.6 Å². The number of aliphatic hydroxyl groups excluding tert-OH is 1. The van der Waals surface area contributed by atoms with Crippen molar-refractivity contribution in [3.63, 3.8) is 0 Å². The van der Waals surface area contributed by atoms with Crippen molar-refractivity contribution in [3.8, 4) is 0 Å². The van der Waals surface area contributed by atoms with Crippen molar-refractivity contribution in [1.29, 1.82) is 0 Å². The zero-order valence-corrected chi connectivity index (χ0v) is 22.4. The van der Waals surface area contributed by atoms with Gasteiger partial charge in [0.2, 0.25) is 5.91 Å². The van der Waals surface area contributed by atoms with Gasteiger partial charge >= 0.3 is 0 Å². The van der Waals surface area contributed by atoms with Crippen LogP contribution >= 0.6 is 11.8 Å². The number of amides is 1. The van der Waals surface area contributed by atoms with Gasteiger partial charge in [-0.05, 0) is 33.1 Å². The number of carbonyl (C=O) groups is 1. The number of carbonyl (C=O) groups excluding carboxylic acids is 1. The molecule has 11 nitrogen and oxygen atoms in total. The van der Waals surface area contributed by atoms with Gasteiger partial charge in [-0.25, -0.2) is 23.4 Å². The third-order valence-electron chi connectivity index (χ3n) is 6.40. The molecule has 1 aliphatic carbocycles. The summed E-state index contributed by atoms with van der Waals surface area (Å²) in [7, 11) is 0. The topological polar surface area (TPSA) is 136 Å². The molecule has 2 aromatic heterocycles. The van der Waals surface area contributed by atoms with Gasteiger partial charge in [-0.1, -0.05) is 37.2 Å². The van der Waals surface area contributed by atoms with Crippen LogP contribution in [-0.4, -0.2) is 85.3 Å². The summed E-state index contributed by atoms with van der Waals surface area (Å²) >= 11 is 1.54. The Morgan fingerprint density at radius 1 is 1.24 bits per heavy atom. The molecule has 2 fully saturated rings. The first kappa shape index (κ1) is 27.9. The summed E-state index contributed by atoms with van der Waals surface area (Å²) in [4.78, 5) is 22.4. The minimum absolute atomic E-state index is 0.237. The van der Waals surface area contributed by atoms with E-state index in [4.69, 9.17) is 19.6 Å². The Bertz CT molecular complexity index is 1100. The first-order valence-corrected chi connectivity index (χ1v) is 13.7. The van der Waals surface area contributed by atoms with Crippen LogP contribution in [0.1, 0.15) is 59.4 Å². The second-order valence-corrected chi connectivity index (χ2v) is 11.0. The van der Waals surface area contributed by atoms with Crippen LogP contribution in [0, 0.1) is 5.92 Å². The Hall–Kier alpha value is -2.16. The van der Waals surface area contributed by atoms with E-state index in [9.17, 15) is 13.6 Å². The van der Waals surface area contributed by atoms with Gasteiger partial charge in [0.15, 0.2) is 27.9 Å². The summed E-state index contributed by atoms with van der Waals surface area (Å²) in [6, 6.07) is -0.465. The third-order valence-corrected chi connectivity index (χ3v) is 7.45. The Morgan fingerprint density at radius 3 is 2.70 bits per heavy atom. The third kappa shape index (κ3) is 6.13. The van der Waals surface area contributed by atoms with Crippen molar-refractivity contribution in [2.24, 2.45) is 5.92 Å². The van der Waals surface area contributed by atoms with E-state index >= 15 is 0 Å². The molecule has 0 aromatic carbocycles. The molecule has 1 amide bonds. The average molecular weight is 544 g/mol. The fourth-order valence-electron chi connectivity index (χ4n) is 4.65. The predicted octanol–water partition coefficient (Wildman–Crippen LogP) is 2.76. The number of nitrogens with zero attached hydrogens (tertiary/aromatic N) is 5. The molecule has 2 aliphatic rings. The lowest BCUT2D eigenvalue weighted by Gasteiger charge is -2.23. The molecule has 2 aromatic rings. The molecule has 4 rings (SSSR count). The van der Waals surface area contributed by atoms with Gasteiger partial charge in [0, 0.05) is 12.3 Å². The van der Waals surface area contributed by atoms with Crippen molar-refractivity contribution >= 4 is 34.7 Å². The van der Waals surface area contributed by atoms with E-state index in [2.05, 4.69) is 39.8 Å². The van der Waals surface area contributed by atoms with Crippen molar-refractivity contribution in [2.75, 3.05) is 30.8 Å². The molecular formula is C23H35F2N7O4S. The van der Waals surface area contributed by atoms with Crippen LogP contribution in [0.25, 0.3) is 11.2 Å². The van der Waals surface area contributed by atoms with E-state index in [0.29, 0.717) is 22.1 Å². The monoisotopic (exact) mass is 543 g/mol. The smallest absolute Gasteiger partial charge is 0.287 e. The van der Waals surface area contributed by atoms with E-state index < -0.39 is 54.9 Å². The highest BCUT2D eigenvalue weighted by atomic mass is 32.2. The first-order valence-electron chi connectivity index (χ1n) is 12.7. The molecule has 0 bridgehead atoms. The average Bonchev–Trinajstić information content (AvgIpc) is 3.51. The number of unbranched alkanes of at least 4 members (excludes halogenated alkanes) is 1. The SMILES string of the molecule is CCCCNc1nc(SCCC)nc2c1nnn2[C@@H]1C[C@H](C(=O)NCC(F)(F)CO)[C@H]2OC(C)(C)O[C@H]21. The minimum atomic E-state index is -3.41. The van der Waals surface area contributed by atoms with E-state index in [0.717, 1.165) is 31.6 Å². The number of alkyl halides is 2. The number of hydrogen-bond acceptors (Lipinski definition) is 10. The largest absolute Gasteiger partial charge is 0.390 e. The molecule has 37 heavy (non-hydrogen) atoms. The maximum Gasteiger partial charge on any atom is 0.287 e. The summed E-state index contributed by atoms with van der Waals surface area (Å²) < 4.78 is 41.0. The highest BCUT2D eigenvalue weighted by Crippen LogP contribution is 2.47. The minimum Gasteiger partial charge on any atom is -0.390 e. The quantitative estimate of drug-likeness (QED) is 0.208. The summed E-state index contributed by atoms with van der Waals surface area (Å²) in [6.45, 7) is 6.09. The number of ether oxygens (including phenoxy) is 2. The van der Waals surface area contributed by atoms with E-state index in [1.54, 1.807) is 18.5 Å². The molecule has 3 N–H and O–H groups in total. The number of rotatable bonds is 12. The molecule has 206 valence electrons. The van der Waals surface area contributed by atoms with Gasteiger partial charge in [0.1, 0.15) is 18.8 Å². The van der Waals surface area contributed by atoms with Gasteiger partial charge in [-0.2, -0.15) is 0 Å². The number of hydrogen-bond donors (Lipinski definition) is 3. The van der Waals surface area contributed by atoms with Crippen LogP contribution in [0.5, 0.6) is 0 Å². The number of anilines is 1. The molecule has 0 radical (unpaired) electrons. The number of thioether (sulfide) groups is 1. The van der Waals surface area contributed by atoms with Crippen molar-refractivity contribution in [2.45, 2.75) is 88.5 Å². The molecular weight excluding hydrogens is 508 g/mol. The van der Waals surface area contributed by atoms with Gasteiger partial charge in [-0.3, -0.25) is 4.79 Å². The second-order valence-electron chi connectivity index (χ2n) is 9.90.